The summed E-state index contributed by atoms with van der Waals surface area (Å²) in [6, 6.07) is 4.05. The number of thioether (sulfide) groups is 1. The third kappa shape index (κ3) is 3.59. The Hall–Kier alpha value is -1.79. The average molecular weight is 333 g/mol. The van der Waals surface area contributed by atoms with Crippen LogP contribution in [0.25, 0.3) is 0 Å². The zero-order chi connectivity index (χ0) is 16.2. The number of ether oxygens (including phenoxy) is 2. The van der Waals surface area contributed by atoms with Crippen molar-refractivity contribution >= 4 is 17.5 Å². The molecule has 1 heterocycles. The SMILES string of the molecule is COCCOc1cc(C2CC2)cc(C(=O)c2cnoc2)c1SC. The number of carbonyl (C=O) groups is 1. The standard InChI is InChI=1S/C17H19NO4S/c1-20-5-6-21-15-8-12(11-3-4-11)7-14(17(15)23-2)16(19)13-9-18-22-10-13/h7-11H,3-6H2,1-2H3. The lowest BCUT2D eigenvalue weighted by molar-refractivity contribution is 0.103. The van der Waals surface area contributed by atoms with E-state index in [1.807, 2.05) is 12.3 Å². The second kappa shape index (κ2) is 7.19. The number of methoxy groups -OCH3 is 1. The van der Waals surface area contributed by atoms with Gasteiger partial charge in [-0.15, -0.1) is 11.8 Å². The van der Waals surface area contributed by atoms with Crippen molar-refractivity contribution < 1.29 is 18.8 Å². The lowest BCUT2D eigenvalue weighted by Gasteiger charge is -2.15. The molecule has 1 saturated carbocycles. The van der Waals surface area contributed by atoms with Gasteiger partial charge >= 0.3 is 0 Å². The third-order valence-corrected chi connectivity index (χ3v) is 4.64. The van der Waals surface area contributed by atoms with Crippen molar-refractivity contribution in [2.45, 2.75) is 23.7 Å². The fourth-order valence-electron chi connectivity index (χ4n) is 2.47. The van der Waals surface area contributed by atoms with Gasteiger partial charge in [-0.3, -0.25) is 4.79 Å². The van der Waals surface area contributed by atoms with Crippen LogP contribution < -0.4 is 4.74 Å². The van der Waals surface area contributed by atoms with Gasteiger partial charge < -0.3 is 14.0 Å². The normalized spacial score (nSPS) is 14.0. The van der Waals surface area contributed by atoms with Gasteiger partial charge in [-0.1, -0.05) is 5.16 Å². The quantitative estimate of drug-likeness (QED) is 0.418. The van der Waals surface area contributed by atoms with Crippen LogP contribution in [0.1, 0.15) is 40.2 Å². The molecule has 1 aromatic heterocycles. The van der Waals surface area contributed by atoms with E-state index in [0.29, 0.717) is 30.3 Å². The molecule has 1 aliphatic carbocycles. The molecule has 6 heteroatoms. The van der Waals surface area contributed by atoms with Crippen molar-refractivity contribution in [1.29, 1.82) is 0 Å². The summed E-state index contributed by atoms with van der Waals surface area (Å²) >= 11 is 1.51. The lowest BCUT2D eigenvalue weighted by atomic mass is 10.0. The Morgan fingerprint density at radius 2 is 2.22 bits per heavy atom. The molecule has 0 aliphatic heterocycles. The molecule has 0 N–H and O–H groups in total. The van der Waals surface area contributed by atoms with E-state index >= 15 is 0 Å². The van der Waals surface area contributed by atoms with Gasteiger partial charge in [0, 0.05) is 12.7 Å². The molecule has 5 nitrogen and oxygen atoms in total. The number of ketones is 1. The molecule has 3 rings (SSSR count). The highest BCUT2D eigenvalue weighted by atomic mass is 32.2. The topological polar surface area (TPSA) is 61.6 Å². The molecule has 0 atom stereocenters. The number of rotatable bonds is 8. The van der Waals surface area contributed by atoms with Crippen molar-refractivity contribution in [2.24, 2.45) is 0 Å². The van der Waals surface area contributed by atoms with Crippen LogP contribution in [0.15, 0.2) is 34.0 Å². The third-order valence-electron chi connectivity index (χ3n) is 3.81. The Bertz CT molecular complexity index is 680. The number of hydrogen-bond donors (Lipinski definition) is 0. The van der Waals surface area contributed by atoms with Crippen LogP contribution in [-0.4, -0.2) is 37.5 Å². The van der Waals surface area contributed by atoms with Crippen molar-refractivity contribution in [2.75, 3.05) is 26.6 Å². The highest BCUT2D eigenvalue weighted by Crippen LogP contribution is 2.44. The maximum atomic E-state index is 12.8. The summed E-state index contributed by atoms with van der Waals surface area (Å²) in [6.45, 7) is 0.968. The van der Waals surface area contributed by atoms with E-state index in [-0.39, 0.29) is 5.78 Å². The van der Waals surface area contributed by atoms with Crippen molar-refractivity contribution in [3.05, 3.63) is 41.3 Å². The molecule has 122 valence electrons. The molecular weight excluding hydrogens is 314 g/mol. The van der Waals surface area contributed by atoms with E-state index in [4.69, 9.17) is 14.0 Å². The number of benzene rings is 1. The van der Waals surface area contributed by atoms with Crippen LogP contribution in [0.2, 0.25) is 0 Å². The Morgan fingerprint density at radius 1 is 1.39 bits per heavy atom. The summed E-state index contributed by atoms with van der Waals surface area (Å²) < 4.78 is 15.7. The lowest BCUT2D eigenvalue weighted by Crippen LogP contribution is -2.09. The van der Waals surface area contributed by atoms with Gasteiger partial charge in [-0.25, -0.2) is 0 Å². The van der Waals surface area contributed by atoms with Crippen LogP contribution in [0.3, 0.4) is 0 Å². The van der Waals surface area contributed by atoms with Crippen LogP contribution in [-0.2, 0) is 4.74 Å². The molecule has 1 aromatic carbocycles. The van der Waals surface area contributed by atoms with Gasteiger partial charge in [-0.2, -0.15) is 0 Å². The summed E-state index contributed by atoms with van der Waals surface area (Å²) in [7, 11) is 1.64. The predicted octanol–water partition coefficient (Wildman–Crippen LogP) is 3.53. The minimum atomic E-state index is -0.0882. The molecule has 0 radical (unpaired) electrons. The molecule has 0 bridgehead atoms. The first-order valence-corrected chi connectivity index (χ1v) is 8.74. The predicted molar refractivity (Wildman–Crippen MR) is 87.5 cm³/mol. The molecule has 1 aliphatic rings. The molecular formula is C17H19NO4S. The van der Waals surface area contributed by atoms with Gasteiger partial charge in [0.2, 0.25) is 0 Å². The summed E-state index contributed by atoms with van der Waals surface area (Å²) in [5.41, 5.74) is 2.27. The second-order valence-electron chi connectivity index (χ2n) is 5.46. The molecule has 23 heavy (non-hydrogen) atoms. The van der Waals surface area contributed by atoms with Gasteiger partial charge in [0.1, 0.15) is 18.6 Å². The highest BCUT2D eigenvalue weighted by Gasteiger charge is 2.28. The van der Waals surface area contributed by atoms with E-state index in [1.165, 1.54) is 24.2 Å². The fraction of sp³-hybridized carbons (Fsp3) is 0.412. The van der Waals surface area contributed by atoms with E-state index in [0.717, 1.165) is 29.1 Å². The maximum absolute atomic E-state index is 12.8. The molecule has 1 fully saturated rings. The summed E-state index contributed by atoms with van der Waals surface area (Å²) in [6.07, 6.45) is 7.09. The molecule has 0 saturated heterocycles. The van der Waals surface area contributed by atoms with Gasteiger partial charge in [0.15, 0.2) is 5.78 Å². The summed E-state index contributed by atoms with van der Waals surface area (Å²) in [5.74, 6) is 1.19. The number of hydrogen-bond acceptors (Lipinski definition) is 6. The van der Waals surface area contributed by atoms with E-state index < -0.39 is 0 Å². The van der Waals surface area contributed by atoms with Crippen molar-refractivity contribution in [1.82, 2.24) is 5.16 Å². The maximum Gasteiger partial charge on any atom is 0.199 e. The minimum Gasteiger partial charge on any atom is -0.490 e. The minimum absolute atomic E-state index is 0.0882. The highest BCUT2D eigenvalue weighted by molar-refractivity contribution is 7.98. The first-order chi connectivity index (χ1) is 11.2. The first kappa shape index (κ1) is 16.1. The van der Waals surface area contributed by atoms with E-state index in [9.17, 15) is 4.79 Å². The molecule has 0 spiro atoms. The van der Waals surface area contributed by atoms with E-state index in [2.05, 4.69) is 11.2 Å². The Balaban J connectivity index is 1.99. The Morgan fingerprint density at radius 3 is 2.83 bits per heavy atom. The number of carbonyl (C=O) groups excluding carboxylic acids is 1. The van der Waals surface area contributed by atoms with E-state index in [1.54, 1.807) is 7.11 Å². The van der Waals surface area contributed by atoms with Crippen molar-refractivity contribution in [3.8, 4) is 5.75 Å². The van der Waals surface area contributed by atoms with Crippen LogP contribution in [0.5, 0.6) is 5.75 Å². The molecule has 2 aromatic rings. The summed E-state index contributed by atoms with van der Waals surface area (Å²) in [4.78, 5) is 13.6. The monoisotopic (exact) mass is 333 g/mol. The van der Waals surface area contributed by atoms with Crippen LogP contribution >= 0.6 is 11.8 Å². The zero-order valence-corrected chi connectivity index (χ0v) is 14.0. The van der Waals surface area contributed by atoms with Crippen LogP contribution in [0, 0.1) is 0 Å². The number of aromatic nitrogens is 1. The van der Waals surface area contributed by atoms with Crippen molar-refractivity contribution in [3.63, 3.8) is 0 Å². The molecule has 0 unspecified atom stereocenters. The van der Waals surface area contributed by atoms with Gasteiger partial charge in [-0.05, 0) is 42.7 Å². The average Bonchev–Trinajstić information content (AvgIpc) is 3.28. The van der Waals surface area contributed by atoms with Crippen LogP contribution in [0.4, 0.5) is 0 Å². The summed E-state index contributed by atoms with van der Waals surface area (Å²) in [5, 5.41) is 3.63. The van der Waals surface area contributed by atoms with Gasteiger partial charge in [0.25, 0.3) is 0 Å². The zero-order valence-electron chi connectivity index (χ0n) is 13.2. The fourth-order valence-corrected chi connectivity index (χ4v) is 3.16. The Labute approximate surface area is 139 Å². The first-order valence-electron chi connectivity index (χ1n) is 7.52. The molecule has 0 amide bonds. The van der Waals surface area contributed by atoms with Gasteiger partial charge in [0.05, 0.1) is 23.3 Å². The largest absolute Gasteiger partial charge is 0.490 e. The number of nitrogens with zero attached hydrogens (tertiary/aromatic N) is 1. The smallest absolute Gasteiger partial charge is 0.199 e. The Kier molecular flexibility index (Phi) is 5.03. The second-order valence-corrected chi connectivity index (χ2v) is 6.27.